The maximum absolute atomic E-state index is 12.3. The second kappa shape index (κ2) is 5.87. The molecule has 1 aliphatic rings. The highest BCUT2D eigenvalue weighted by Crippen LogP contribution is 2.28. The number of hydrogen-bond donors (Lipinski definition) is 1. The van der Waals surface area contributed by atoms with Gasteiger partial charge in [0.05, 0.1) is 11.4 Å². The quantitative estimate of drug-likeness (QED) is 0.671. The first-order valence-corrected chi connectivity index (χ1v) is 6.74. The number of nitrogens with zero attached hydrogens (tertiary/aromatic N) is 2. The van der Waals surface area contributed by atoms with Crippen molar-refractivity contribution in [3.8, 4) is 0 Å². The third-order valence-electron chi connectivity index (χ3n) is 3.44. The van der Waals surface area contributed by atoms with Gasteiger partial charge in [-0.15, -0.1) is 0 Å². The zero-order valence-corrected chi connectivity index (χ0v) is 11.5. The highest BCUT2D eigenvalue weighted by molar-refractivity contribution is 6.11. The average Bonchev–Trinajstić information content (AvgIpc) is 2.43. The summed E-state index contributed by atoms with van der Waals surface area (Å²) in [6.07, 6.45) is 2.07. The predicted octanol–water partition coefficient (Wildman–Crippen LogP) is 3.04. The van der Waals surface area contributed by atoms with Gasteiger partial charge in [0.15, 0.2) is 0 Å². The number of carbonyl (C=O) groups is 1. The second-order valence-corrected chi connectivity index (χ2v) is 5.29. The van der Waals surface area contributed by atoms with Crippen molar-refractivity contribution < 1.29 is 10.0 Å². The number of rotatable bonds is 3. The Kier molecular flexibility index (Phi) is 4.20. The van der Waals surface area contributed by atoms with E-state index in [0.717, 1.165) is 17.7 Å². The molecule has 1 aliphatic heterocycles. The van der Waals surface area contributed by atoms with Crippen LogP contribution >= 0.6 is 0 Å². The van der Waals surface area contributed by atoms with E-state index in [2.05, 4.69) is 19.0 Å². The first kappa shape index (κ1) is 13.6. The summed E-state index contributed by atoms with van der Waals surface area (Å²) < 4.78 is 0. The fraction of sp³-hybridized carbons (Fsp3) is 0.467. The monoisotopic (exact) mass is 260 g/mol. The number of amides is 1. The number of anilines is 1. The smallest absolute Gasteiger partial charge is 0.227 e. The topological polar surface area (TPSA) is 52.9 Å². The largest absolute Gasteiger partial charge is 0.411 e. The van der Waals surface area contributed by atoms with Gasteiger partial charge in [0.1, 0.15) is 0 Å². The lowest BCUT2D eigenvalue weighted by atomic mass is 9.98. The van der Waals surface area contributed by atoms with Crippen molar-refractivity contribution in [2.45, 2.75) is 33.1 Å². The first-order chi connectivity index (χ1) is 9.13. The Labute approximate surface area is 113 Å². The molecule has 1 heterocycles. The van der Waals surface area contributed by atoms with E-state index < -0.39 is 0 Å². The van der Waals surface area contributed by atoms with Crippen LogP contribution in [0, 0.1) is 5.92 Å². The van der Waals surface area contributed by atoms with E-state index in [4.69, 9.17) is 5.21 Å². The minimum atomic E-state index is 0.151. The molecule has 4 nitrogen and oxygen atoms in total. The van der Waals surface area contributed by atoms with Gasteiger partial charge in [0.2, 0.25) is 5.91 Å². The number of benzene rings is 1. The van der Waals surface area contributed by atoms with Crippen LogP contribution < -0.4 is 4.90 Å². The number of para-hydroxylation sites is 1. The Balaban J connectivity index is 2.22. The van der Waals surface area contributed by atoms with Crippen molar-refractivity contribution in [3.63, 3.8) is 0 Å². The Bertz CT molecular complexity index is 495. The van der Waals surface area contributed by atoms with E-state index in [-0.39, 0.29) is 5.91 Å². The lowest BCUT2D eigenvalue weighted by Gasteiger charge is -2.30. The van der Waals surface area contributed by atoms with E-state index in [9.17, 15) is 4.79 Å². The zero-order chi connectivity index (χ0) is 13.8. The van der Waals surface area contributed by atoms with Crippen LogP contribution in [0.3, 0.4) is 0 Å². The Morgan fingerprint density at radius 1 is 1.42 bits per heavy atom. The molecule has 0 radical (unpaired) electrons. The number of hydrogen-bond acceptors (Lipinski definition) is 3. The normalized spacial score (nSPS) is 16.8. The third-order valence-corrected chi connectivity index (χ3v) is 3.44. The van der Waals surface area contributed by atoms with E-state index in [1.807, 2.05) is 29.2 Å². The molecule has 1 amide bonds. The molecule has 0 atom stereocenters. The van der Waals surface area contributed by atoms with E-state index in [1.54, 1.807) is 0 Å². The lowest BCUT2D eigenvalue weighted by molar-refractivity contribution is -0.118. The second-order valence-electron chi connectivity index (χ2n) is 5.29. The highest BCUT2D eigenvalue weighted by Gasteiger charge is 2.25. The van der Waals surface area contributed by atoms with Gasteiger partial charge >= 0.3 is 0 Å². The van der Waals surface area contributed by atoms with Gasteiger partial charge in [0, 0.05) is 24.9 Å². The number of carbonyl (C=O) groups excluding carboxylic acids is 1. The van der Waals surface area contributed by atoms with Gasteiger partial charge in [-0.3, -0.25) is 4.79 Å². The van der Waals surface area contributed by atoms with Gasteiger partial charge in [-0.2, -0.15) is 0 Å². The summed E-state index contributed by atoms with van der Waals surface area (Å²) >= 11 is 0. The van der Waals surface area contributed by atoms with E-state index >= 15 is 0 Å². The molecule has 0 bridgehead atoms. The van der Waals surface area contributed by atoms with Gasteiger partial charge in [-0.25, -0.2) is 0 Å². The van der Waals surface area contributed by atoms with Crippen molar-refractivity contribution in [2.75, 3.05) is 11.4 Å². The fourth-order valence-electron chi connectivity index (χ4n) is 2.34. The van der Waals surface area contributed by atoms with Crippen LogP contribution in [-0.2, 0) is 4.79 Å². The molecule has 2 rings (SSSR count). The van der Waals surface area contributed by atoms with Crippen LogP contribution in [0.25, 0.3) is 0 Å². The van der Waals surface area contributed by atoms with E-state index in [0.29, 0.717) is 31.0 Å². The summed E-state index contributed by atoms with van der Waals surface area (Å²) in [4.78, 5) is 14.1. The van der Waals surface area contributed by atoms with Crippen molar-refractivity contribution in [1.29, 1.82) is 0 Å². The van der Waals surface area contributed by atoms with Crippen LogP contribution in [0.5, 0.6) is 0 Å². The SMILES string of the molecule is CC(C)CCC(=O)N1CCC(=NO)c2ccccc21. The molecule has 4 heteroatoms. The lowest BCUT2D eigenvalue weighted by Crippen LogP contribution is -2.37. The molecule has 0 aromatic heterocycles. The maximum Gasteiger partial charge on any atom is 0.227 e. The Hall–Kier alpha value is -1.84. The molecule has 102 valence electrons. The minimum absolute atomic E-state index is 0.151. The molecule has 1 aromatic rings. The highest BCUT2D eigenvalue weighted by atomic mass is 16.4. The number of oxime groups is 1. The zero-order valence-electron chi connectivity index (χ0n) is 11.5. The number of fused-ring (bicyclic) bond motifs is 1. The molecule has 1 aromatic carbocycles. The van der Waals surface area contributed by atoms with E-state index in [1.165, 1.54) is 0 Å². The third kappa shape index (κ3) is 2.95. The van der Waals surface area contributed by atoms with Crippen molar-refractivity contribution in [1.82, 2.24) is 0 Å². The molecule has 0 unspecified atom stereocenters. The molecule has 0 saturated carbocycles. The fourth-order valence-corrected chi connectivity index (χ4v) is 2.34. The molecule has 0 fully saturated rings. The Morgan fingerprint density at radius 2 is 2.16 bits per heavy atom. The summed E-state index contributed by atoms with van der Waals surface area (Å²) in [5.41, 5.74) is 2.37. The molecule has 0 saturated heterocycles. The summed E-state index contributed by atoms with van der Waals surface area (Å²) in [6.45, 7) is 4.83. The van der Waals surface area contributed by atoms with Gasteiger partial charge in [-0.1, -0.05) is 37.2 Å². The molecule has 1 N–H and O–H groups in total. The van der Waals surface area contributed by atoms with Crippen molar-refractivity contribution >= 4 is 17.3 Å². The summed E-state index contributed by atoms with van der Waals surface area (Å²) in [6, 6.07) is 7.60. The molecular weight excluding hydrogens is 240 g/mol. The molecule has 0 spiro atoms. The first-order valence-electron chi connectivity index (χ1n) is 6.74. The van der Waals surface area contributed by atoms with Crippen LogP contribution in [0.15, 0.2) is 29.4 Å². The van der Waals surface area contributed by atoms with Gasteiger partial charge < -0.3 is 10.1 Å². The van der Waals surface area contributed by atoms with Crippen molar-refractivity contribution in [3.05, 3.63) is 29.8 Å². The van der Waals surface area contributed by atoms with Gasteiger partial charge in [0.25, 0.3) is 0 Å². The molecule has 19 heavy (non-hydrogen) atoms. The van der Waals surface area contributed by atoms with Crippen LogP contribution in [-0.4, -0.2) is 23.4 Å². The molecular formula is C15H20N2O2. The summed E-state index contributed by atoms with van der Waals surface area (Å²) in [5.74, 6) is 0.677. The van der Waals surface area contributed by atoms with Crippen LogP contribution in [0.1, 0.15) is 38.7 Å². The standard InChI is InChI=1S/C15H20N2O2/c1-11(2)7-8-15(18)17-10-9-13(16-19)12-5-3-4-6-14(12)17/h3-6,11,19H,7-10H2,1-2H3. The van der Waals surface area contributed by atoms with Crippen LogP contribution in [0.4, 0.5) is 5.69 Å². The summed E-state index contributed by atoms with van der Waals surface area (Å²) in [5, 5.41) is 12.4. The Morgan fingerprint density at radius 3 is 2.84 bits per heavy atom. The van der Waals surface area contributed by atoms with Crippen LogP contribution in [0.2, 0.25) is 0 Å². The molecule has 0 aliphatic carbocycles. The van der Waals surface area contributed by atoms with Crippen molar-refractivity contribution in [2.24, 2.45) is 11.1 Å². The summed E-state index contributed by atoms with van der Waals surface area (Å²) in [7, 11) is 0. The maximum atomic E-state index is 12.3. The average molecular weight is 260 g/mol. The minimum Gasteiger partial charge on any atom is -0.411 e. The van der Waals surface area contributed by atoms with Gasteiger partial charge in [-0.05, 0) is 18.4 Å². The predicted molar refractivity (Wildman–Crippen MR) is 75.8 cm³/mol.